The van der Waals surface area contributed by atoms with Crippen LogP contribution in [-0.4, -0.2) is 147 Å². The summed E-state index contributed by atoms with van der Waals surface area (Å²) in [7, 11) is 0. The van der Waals surface area contributed by atoms with Crippen molar-refractivity contribution in [1.82, 2.24) is 42.1 Å². The zero-order chi connectivity index (χ0) is 54.2. The summed E-state index contributed by atoms with van der Waals surface area (Å²) in [5.74, 6) is -12.6. The van der Waals surface area contributed by atoms with E-state index in [4.69, 9.17) is 22.9 Å². The molecule has 2 aliphatic heterocycles. The van der Waals surface area contributed by atoms with Crippen LogP contribution in [0.15, 0.2) is 24.3 Å². The first-order valence-corrected chi connectivity index (χ1v) is 24.6. The number of nitrogens with one attached hydrogen (secondary N) is 7. The van der Waals surface area contributed by atoms with E-state index in [0.717, 1.165) is 43.4 Å². The maximum atomic E-state index is 14.3. The van der Waals surface area contributed by atoms with E-state index >= 15 is 0 Å². The number of hydrogen-bond acceptors (Lipinski definition) is 14. The molecule has 26 heteroatoms. The molecule has 0 spiro atoms. The highest BCUT2D eigenvalue weighted by Gasteiger charge is 2.41. The van der Waals surface area contributed by atoms with Crippen molar-refractivity contribution in [2.75, 3.05) is 13.2 Å². The highest BCUT2D eigenvalue weighted by molar-refractivity contribution is 6.00. The van der Waals surface area contributed by atoms with Crippen molar-refractivity contribution in [3.05, 3.63) is 29.8 Å². The summed E-state index contributed by atoms with van der Waals surface area (Å²) in [6.07, 6.45) is 3.35. The van der Waals surface area contributed by atoms with Gasteiger partial charge in [0, 0.05) is 31.8 Å². The molecule has 3 rings (SSSR count). The second-order valence-corrected chi connectivity index (χ2v) is 18.4. The number of hydrogen-bond donors (Lipinski definition) is 13. The fourth-order valence-corrected chi connectivity index (χ4v) is 8.44. The van der Waals surface area contributed by atoms with Crippen LogP contribution in [0.3, 0.4) is 0 Å². The van der Waals surface area contributed by atoms with Gasteiger partial charge >= 0.3 is 0 Å². The molecule has 26 nitrogen and oxygen atoms in total. The number of phenolic OH excluding ortho intramolecular Hbond substituents is 1. The fourth-order valence-electron chi connectivity index (χ4n) is 8.44. The highest BCUT2D eigenvalue weighted by atomic mass is 16.3. The van der Waals surface area contributed by atoms with Crippen LogP contribution in [0.2, 0.25) is 0 Å². The van der Waals surface area contributed by atoms with E-state index in [0.29, 0.717) is 18.4 Å². The predicted octanol–water partition coefficient (Wildman–Crippen LogP) is -3.86. The lowest BCUT2D eigenvalue weighted by atomic mass is 10.0. The van der Waals surface area contributed by atoms with E-state index in [9.17, 15) is 67.7 Å². The van der Waals surface area contributed by atoms with Crippen LogP contribution in [0.25, 0.3) is 0 Å². The van der Waals surface area contributed by atoms with Gasteiger partial charge in [0.15, 0.2) is 0 Å². The summed E-state index contributed by atoms with van der Waals surface area (Å²) in [5, 5.41) is 37.2. The molecule has 0 radical (unpaired) electrons. The van der Waals surface area contributed by atoms with Crippen molar-refractivity contribution in [3.8, 4) is 5.75 Å². The van der Waals surface area contributed by atoms with Gasteiger partial charge in [-0.25, -0.2) is 0 Å². The average molecular weight is 1030 g/mol. The molecule has 73 heavy (non-hydrogen) atoms. The van der Waals surface area contributed by atoms with Crippen molar-refractivity contribution < 1.29 is 67.7 Å². The van der Waals surface area contributed by atoms with Crippen molar-refractivity contribution >= 4 is 70.9 Å². The van der Waals surface area contributed by atoms with Crippen molar-refractivity contribution in [1.29, 1.82) is 0 Å². The fraction of sp³-hybridized carbons (Fsp3) is 0.617. The average Bonchev–Trinajstić information content (AvgIpc) is 3.82. The SMILES string of the molecule is CCCCCCCCCC[C@@H]1CC(=O)N[C@@H](CC(N)=O)C(=O)N[C@H](Cc2ccc(O)cc2)C(=O)N[C@H](CC(N)=O)C(=O)N[C@@H](CCC(N)=O)C(=O)N2CCC[C@H]2C(=O)N[C@H](CC(N)=O)C(=O)N[C@@H](CO)C(=O)N1. The lowest BCUT2D eigenvalue weighted by molar-refractivity contribution is -0.143. The van der Waals surface area contributed by atoms with Crippen LogP contribution in [0, 0.1) is 0 Å². The summed E-state index contributed by atoms with van der Waals surface area (Å²) in [6.45, 7) is 1.01. The summed E-state index contributed by atoms with van der Waals surface area (Å²) in [4.78, 5) is 162. The minimum atomic E-state index is -1.86. The molecule has 0 aromatic heterocycles. The lowest BCUT2D eigenvalue weighted by Crippen LogP contribution is -2.60. The number of primary amides is 4. The van der Waals surface area contributed by atoms with E-state index in [1.165, 1.54) is 24.3 Å². The zero-order valence-corrected chi connectivity index (χ0v) is 41.1. The lowest BCUT2D eigenvalue weighted by Gasteiger charge is -2.31. The number of phenols is 1. The molecule has 0 saturated carbocycles. The molecule has 8 atom stereocenters. The number of carbonyl (C=O) groups excluding carboxylic acids is 12. The number of nitrogens with zero attached hydrogens (tertiary/aromatic N) is 1. The number of fused-ring (bicyclic) bond motifs is 1. The van der Waals surface area contributed by atoms with E-state index in [1.54, 1.807) is 0 Å². The quantitative estimate of drug-likeness (QED) is 0.0525. The maximum Gasteiger partial charge on any atom is 0.245 e. The number of aromatic hydroxyl groups is 1. The third-order valence-corrected chi connectivity index (χ3v) is 12.3. The Kier molecular flexibility index (Phi) is 25.0. The number of aliphatic hydroxyl groups excluding tert-OH is 1. The minimum absolute atomic E-state index is 0.00323. The van der Waals surface area contributed by atoms with Gasteiger partial charge in [-0.2, -0.15) is 0 Å². The Labute approximate surface area is 422 Å². The van der Waals surface area contributed by atoms with Gasteiger partial charge in [-0.1, -0.05) is 70.4 Å². The largest absolute Gasteiger partial charge is 0.508 e. The van der Waals surface area contributed by atoms with Crippen molar-refractivity contribution in [2.24, 2.45) is 22.9 Å². The Morgan fingerprint density at radius 3 is 1.56 bits per heavy atom. The topological polar surface area (TPSA) is 437 Å². The molecule has 17 N–H and O–H groups in total. The van der Waals surface area contributed by atoms with E-state index in [1.807, 2.05) is 0 Å². The van der Waals surface area contributed by atoms with Crippen molar-refractivity contribution in [2.45, 2.75) is 171 Å². The first-order chi connectivity index (χ1) is 34.6. The monoisotopic (exact) mass is 1030 g/mol. The number of nitrogens with two attached hydrogens (primary N) is 4. The van der Waals surface area contributed by atoms with E-state index < -0.39 is 164 Å². The van der Waals surface area contributed by atoms with Crippen LogP contribution < -0.4 is 60.2 Å². The Morgan fingerprint density at radius 1 is 0.562 bits per heavy atom. The number of unbranched alkanes of at least 4 members (excludes halogenated alkanes) is 7. The Hall–Kier alpha value is -7.38. The molecule has 1 aromatic rings. The molecule has 1 aromatic carbocycles. The molecular weight excluding hydrogens is 957 g/mol. The molecule has 2 fully saturated rings. The third-order valence-electron chi connectivity index (χ3n) is 12.3. The van der Waals surface area contributed by atoms with Gasteiger partial charge in [-0.15, -0.1) is 0 Å². The van der Waals surface area contributed by atoms with Gasteiger partial charge in [0.05, 0.1) is 25.9 Å². The molecule has 12 amide bonds. The summed E-state index contributed by atoms with van der Waals surface area (Å²) in [6, 6.07) is -7.35. The van der Waals surface area contributed by atoms with Crippen LogP contribution >= 0.6 is 0 Å². The number of rotatable bonds is 21. The molecule has 0 aliphatic carbocycles. The van der Waals surface area contributed by atoms with Gasteiger partial charge in [0.2, 0.25) is 70.9 Å². The zero-order valence-electron chi connectivity index (χ0n) is 41.1. The molecule has 2 aliphatic rings. The molecule has 404 valence electrons. The molecule has 0 unspecified atom stereocenters. The predicted molar refractivity (Wildman–Crippen MR) is 259 cm³/mol. The number of benzene rings is 1. The Bertz CT molecular complexity index is 2140. The smallest absolute Gasteiger partial charge is 0.245 e. The van der Waals surface area contributed by atoms with Gasteiger partial charge < -0.3 is 75.3 Å². The summed E-state index contributed by atoms with van der Waals surface area (Å²) >= 11 is 0. The van der Waals surface area contributed by atoms with Gasteiger partial charge in [0.1, 0.15) is 48.0 Å². The van der Waals surface area contributed by atoms with E-state index in [-0.39, 0.29) is 38.0 Å². The molecular formula is C47H72N12O14. The van der Waals surface area contributed by atoms with Crippen LogP contribution in [0.5, 0.6) is 5.75 Å². The van der Waals surface area contributed by atoms with E-state index in [2.05, 4.69) is 44.1 Å². The molecule has 2 saturated heterocycles. The van der Waals surface area contributed by atoms with Crippen LogP contribution in [-0.2, 0) is 64.0 Å². The van der Waals surface area contributed by atoms with Gasteiger partial charge in [-0.3, -0.25) is 57.5 Å². The third kappa shape index (κ3) is 21.1. The van der Waals surface area contributed by atoms with Gasteiger partial charge in [-0.05, 0) is 43.4 Å². The molecule has 2 heterocycles. The normalized spacial score (nSPS) is 24.2. The first kappa shape index (κ1) is 59.9. The summed E-state index contributed by atoms with van der Waals surface area (Å²) in [5.41, 5.74) is 22.1. The Morgan fingerprint density at radius 2 is 1.03 bits per heavy atom. The van der Waals surface area contributed by atoms with Crippen molar-refractivity contribution in [3.63, 3.8) is 0 Å². The molecule has 0 bridgehead atoms. The van der Waals surface area contributed by atoms with Crippen LogP contribution in [0.4, 0.5) is 0 Å². The first-order valence-electron chi connectivity index (χ1n) is 24.6. The Balaban J connectivity index is 2.14. The highest BCUT2D eigenvalue weighted by Crippen LogP contribution is 2.21. The standard InChI is InChI=1S/C47H72N12O14/c1-2-3-4-5-6-7-8-9-11-27-21-40(66)53-31(22-37(49)63)42(68)55-30(20-26-13-15-28(61)16-14-26)41(67)56-32(23-38(50)64)43(69)54-29(17-18-36(48)62)47(73)59-19-10-12-35(59)46(72)57-33(24-39(51)65)44(70)58-34(25-60)45(71)52-27/h13-16,27,29-35,60-61H,2-12,17-25H2,1H3,(H2,48,62)(H2,49,63)(H2,50,64)(H2,51,65)(H,52,71)(H,53,66)(H,54,69)(H,55,68)(H,56,67)(H,57,72)(H,58,70)/t27-,29+,30-,31+,32-,33-,34+,35+/m1/s1. The van der Waals surface area contributed by atoms with Gasteiger partial charge in [0.25, 0.3) is 0 Å². The second kappa shape index (κ2) is 30.5. The number of amides is 12. The number of aliphatic hydroxyl groups is 1. The second-order valence-electron chi connectivity index (χ2n) is 18.4. The maximum absolute atomic E-state index is 14.3. The van der Waals surface area contributed by atoms with Crippen LogP contribution in [0.1, 0.15) is 122 Å². The minimum Gasteiger partial charge on any atom is -0.508 e. The number of carbonyl (C=O) groups is 12. The summed E-state index contributed by atoms with van der Waals surface area (Å²) < 4.78 is 0.